The Morgan fingerprint density at radius 2 is 1.91 bits per heavy atom. The van der Waals surface area contributed by atoms with E-state index in [2.05, 4.69) is 12.2 Å². The quantitative estimate of drug-likeness (QED) is 0.924. The zero-order chi connectivity index (χ0) is 16.5. The van der Waals surface area contributed by atoms with Gasteiger partial charge in [0, 0.05) is 29.8 Å². The van der Waals surface area contributed by atoms with E-state index in [1.54, 1.807) is 18.2 Å². The second-order valence-corrected chi connectivity index (χ2v) is 7.28. The van der Waals surface area contributed by atoms with Crippen molar-refractivity contribution in [2.75, 3.05) is 12.4 Å². The van der Waals surface area contributed by atoms with Gasteiger partial charge in [-0.25, -0.2) is 0 Å². The zero-order valence-corrected chi connectivity index (χ0v) is 14.1. The number of nitrogens with one attached hydrogen (secondary N) is 1. The Hall–Kier alpha value is -1.84. The van der Waals surface area contributed by atoms with Crippen molar-refractivity contribution in [3.05, 3.63) is 29.8 Å². The summed E-state index contributed by atoms with van der Waals surface area (Å²) < 4.78 is 0. The van der Waals surface area contributed by atoms with E-state index in [1.165, 1.54) is 12.8 Å². The smallest absolute Gasteiger partial charge is 0.253 e. The molecular weight excluding hydrogens is 276 g/mol. The van der Waals surface area contributed by atoms with Gasteiger partial charge >= 0.3 is 0 Å². The first-order chi connectivity index (χ1) is 10.2. The summed E-state index contributed by atoms with van der Waals surface area (Å²) in [6.45, 7) is 7.69. The fourth-order valence-corrected chi connectivity index (χ4v) is 2.33. The predicted molar refractivity (Wildman–Crippen MR) is 88.8 cm³/mol. The standard InChI is InChI=1S/C18H26N2O2/c1-12(13-9-10-13)20(5)16(21)14-7-6-8-15(11-14)19-17(22)18(2,3)4/h6-8,11-13H,9-10H2,1-5H3,(H,19,22). The lowest BCUT2D eigenvalue weighted by molar-refractivity contribution is -0.123. The van der Waals surface area contributed by atoms with Crippen molar-refractivity contribution in [2.45, 2.75) is 46.6 Å². The van der Waals surface area contributed by atoms with Crippen LogP contribution >= 0.6 is 0 Å². The molecule has 4 nitrogen and oxygen atoms in total. The summed E-state index contributed by atoms with van der Waals surface area (Å²) in [7, 11) is 1.85. The van der Waals surface area contributed by atoms with E-state index in [1.807, 2.05) is 38.8 Å². The Labute approximate surface area is 132 Å². The molecule has 1 atom stereocenters. The van der Waals surface area contributed by atoms with E-state index < -0.39 is 5.41 Å². The number of anilines is 1. The summed E-state index contributed by atoms with van der Waals surface area (Å²) in [6.07, 6.45) is 2.42. The second kappa shape index (κ2) is 6.11. The van der Waals surface area contributed by atoms with Gasteiger partial charge in [0.1, 0.15) is 0 Å². The molecule has 0 heterocycles. The number of benzene rings is 1. The molecule has 1 N–H and O–H groups in total. The van der Waals surface area contributed by atoms with E-state index in [9.17, 15) is 9.59 Å². The lowest BCUT2D eigenvalue weighted by Crippen LogP contribution is -2.36. The van der Waals surface area contributed by atoms with Crippen LogP contribution in [0.25, 0.3) is 0 Å². The molecule has 2 amide bonds. The molecular formula is C18H26N2O2. The van der Waals surface area contributed by atoms with Crippen LogP contribution in [-0.2, 0) is 4.79 Å². The first kappa shape index (κ1) is 16.5. The molecule has 0 spiro atoms. The van der Waals surface area contributed by atoms with Gasteiger partial charge in [-0.1, -0.05) is 26.8 Å². The third kappa shape index (κ3) is 3.87. The summed E-state index contributed by atoms with van der Waals surface area (Å²) in [6, 6.07) is 7.43. The van der Waals surface area contributed by atoms with E-state index in [0.29, 0.717) is 17.2 Å². The normalized spacial score (nSPS) is 16.0. The van der Waals surface area contributed by atoms with Crippen LogP contribution in [0.3, 0.4) is 0 Å². The molecule has 0 bridgehead atoms. The zero-order valence-electron chi connectivity index (χ0n) is 14.1. The molecule has 1 unspecified atom stereocenters. The van der Waals surface area contributed by atoms with E-state index in [4.69, 9.17) is 0 Å². The van der Waals surface area contributed by atoms with Gasteiger partial charge in [-0.3, -0.25) is 9.59 Å². The van der Waals surface area contributed by atoms with Gasteiger partial charge in [0.05, 0.1) is 0 Å². The maximum absolute atomic E-state index is 12.6. The summed E-state index contributed by atoms with van der Waals surface area (Å²) in [5, 5.41) is 2.87. The molecule has 0 aromatic heterocycles. The maximum Gasteiger partial charge on any atom is 0.253 e. The number of carbonyl (C=O) groups is 2. The number of amides is 2. The third-order valence-electron chi connectivity index (χ3n) is 4.28. The van der Waals surface area contributed by atoms with E-state index >= 15 is 0 Å². The third-order valence-corrected chi connectivity index (χ3v) is 4.28. The van der Waals surface area contributed by atoms with Crippen molar-refractivity contribution in [3.63, 3.8) is 0 Å². The highest BCUT2D eigenvalue weighted by Gasteiger charge is 2.32. The van der Waals surface area contributed by atoms with Crippen LogP contribution in [0, 0.1) is 11.3 Å². The average molecular weight is 302 g/mol. The number of hydrogen-bond acceptors (Lipinski definition) is 2. The van der Waals surface area contributed by atoms with Gasteiger partial charge < -0.3 is 10.2 Å². The first-order valence-corrected chi connectivity index (χ1v) is 7.89. The molecule has 120 valence electrons. The Kier molecular flexibility index (Phi) is 4.59. The largest absolute Gasteiger partial charge is 0.339 e. The van der Waals surface area contributed by atoms with E-state index in [-0.39, 0.29) is 17.9 Å². The number of hydrogen-bond donors (Lipinski definition) is 1. The molecule has 1 aromatic rings. The number of carbonyl (C=O) groups excluding carboxylic acids is 2. The van der Waals surface area contributed by atoms with Crippen LogP contribution < -0.4 is 5.32 Å². The Balaban J connectivity index is 2.10. The van der Waals surface area contributed by atoms with Crippen LogP contribution in [0.5, 0.6) is 0 Å². The van der Waals surface area contributed by atoms with Crippen molar-refractivity contribution in [3.8, 4) is 0 Å². The molecule has 0 aliphatic heterocycles. The highest BCUT2D eigenvalue weighted by atomic mass is 16.2. The average Bonchev–Trinajstić information content (AvgIpc) is 3.28. The molecule has 1 aliphatic carbocycles. The number of rotatable bonds is 4. The molecule has 2 rings (SSSR count). The lowest BCUT2D eigenvalue weighted by atomic mass is 9.95. The van der Waals surface area contributed by atoms with Crippen molar-refractivity contribution in [1.29, 1.82) is 0 Å². The molecule has 0 saturated heterocycles. The van der Waals surface area contributed by atoms with Crippen LogP contribution in [0.2, 0.25) is 0 Å². The Bertz CT molecular complexity index is 571. The minimum Gasteiger partial charge on any atom is -0.339 e. The lowest BCUT2D eigenvalue weighted by Gasteiger charge is -2.25. The fourth-order valence-electron chi connectivity index (χ4n) is 2.33. The van der Waals surface area contributed by atoms with Gasteiger partial charge in [0.25, 0.3) is 5.91 Å². The van der Waals surface area contributed by atoms with Crippen molar-refractivity contribution < 1.29 is 9.59 Å². The first-order valence-electron chi connectivity index (χ1n) is 7.89. The van der Waals surface area contributed by atoms with Gasteiger partial charge in [-0.05, 0) is 43.9 Å². The topological polar surface area (TPSA) is 49.4 Å². The van der Waals surface area contributed by atoms with E-state index in [0.717, 1.165) is 0 Å². The predicted octanol–water partition coefficient (Wildman–Crippen LogP) is 3.54. The van der Waals surface area contributed by atoms with Crippen molar-refractivity contribution in [1.82, 2.24) is 4.90 Å². The molecule has 1 aromatic carbocycles. The highest BCUT2D eigenvalue weighted by Crippen LogP contribution is 2.35. The van der Waals surface area contributed by atoms with Gasteiger partial charge in [-0.2, -0.15) is 0 Å². The molecule has 22 heavy (non-hydrogen) atoms. The van der Waals surface area contributed by atoms with Crippen LogP contribution in [0.1, 0.15) is 50.9 Å². The van der Waals surface area contributed by atoms with Crippen LogP contribution in [0.15, 0.2) is 24.3 Å². The molecule has 1 fully saturated rings. The summed E-state index contributed by atoms with van der Waals surface area (Å²) >= 11 is 0. The Morgan fingerprint density at radius 1 is 1.27 bits per heavy atom. The monoisotopic (exact) mass is 302 g/mol. The minimum atomic E-state index is -0.461. The summed E-state index contributed by atoms with van der Waals surface area (Å²) in [5.74, 6) is 0.584. The maximum atomic E-state index is 12.6. The molecule has 1 aliphatic rings. The fraction of sp³-hybridized carbons (Fsp3) is 0.556. The van der Waals surface area contributed by atoms with Crippen molar-refractivity contribution >= 4 is 17.5 Å². The van der Waals surface area contributed by atoms with Crippen LogP contribution in [0.4, 0.5) is 5.69 Å². The van der Waals surface area contributed by atoms with Gasteiger partial charge in [-0.15, -0.1) is 0 Å². The SMILES string of the molecule is CC(C1CC1)N(C)C(=O)c1cccc(NC(=O)C(C)(C)C)c1. The van der Waals surface area contributed by atoms with Gasteiger partial charge in [0.2, 0.25) is 5.91 Å². The van der Waals surface area contributed by atoms with Gasteiger partial charge in [0.15, 0.2) is 0 Å². The summed E-state index contributed by atoms with van der Waals surface area (Å²) in [4.78, 5) is 26.4. The Morgan fingerprint density at radius 3 is 2.45 bits per heavy atom. The molecule has 4 heteroatoms. The molecule has 1 saturated carbocycles. The minimum absolute atomic E-state index is 0.00579. The second-order valence-electron chi connectivity index (χ2n) is 7.28. The highest BCUT2D eigenvalue weighted by molar-refractivity contribution is 5.98. The molecule has 0 radical (unpaired) electrons. The van der Waals surface area contributed by atoms with Crippen molar-refractivity contribution in [2.24, 2.45) is 11.3 Å². The number of nitrogens with zero attached hydrogens (tertiary/aromatic N) is 1. The summed E-state index contributed by atoms with van der Waals surface area (Å²) in [5.41, 5.74) is 0.817. The van der Waals surface area contributed by atoms with Crippen LogP contribution in [-0.4, -0.2) is 29.8 Å².